The number of hydrogen-bond acceptors (Lipinski definition) is 8. The van der Waals surface area contributed by atoms with Crippen molar-refractivity contribution >= 4 is 55.7 Å². The van der Waals surface area contributed by atoms with Gasteiger partial charge in [0.1, 0.15) is 22.4 Å². The molecule has 0 atom stereocenters. The fraction of sp³-hybridized carbons (Fsp3) is 0.448. The molecular formula is C29H35BrN6O4. The number of piperazine rings is 1. The lowest BCUT2D eigenvalue weighted by molar-refractivity contribution is 0.0520. The van der Waals surface area contributed by atoms with E-state index in [1.807, 2.05) is 51.1 Å². The van der Waals surface area contributed by atoms with Gasteiger partial charge in [-0.15, -0.1) is 0 Å². The van der Waals surface area contributed by atoms with Crippen LogP contribution in [-0.2, 0) is 9.47 Å². The number of aromatic nitrogens is 4. The molecule has 40 heavy (non-hydrogen) atoms. The Morgan fingerprint density at radius 3 is 2.17 bits per heavy atom. The lowest BCUT2D eigenvalue weighted by Crippen LogP contribution is -2.44. The molecule has 4 aromatic rings. The van der Waals surface area contributed by atoms with E-state index < -0.39 is 23.4 Å². The van der Waals surface area contributed by atoms with Crippen LogP contribution in [0, 0.1) is 0 Å². The molecule has 212 valence electrons. The van der Waals surface area contributed by atoms with Crippen molar-refractivity contribution in [1.82, 2.24) is 24.2 Å². The minimum atomic E-state index is -0.733. The number of halogens is 1. The van der Waals surface area contributed by atoms with Gasteiger partial charge in [0.2, 0.25) is 0 Å². The quantitative estimate of drug-likeness (QED) is 0.267. The van der Waals surface area contributed by atoms with Crippen LogP contribution in [0.25, 0.3) is 33.5 Å². The van der Waals surface area contributed by atoms with Crippen LogP contribution in [-0.4, -0.2) is 80.8 Å². The van der Waals surface area contributed by atoms with Gasteiger partial charge < -0.3 is 19.3 Å². The molecule has 0 N–H and O–H groups in total. The highest BCUT2D eigenvalue weighted by Gasteiger charge is 2.30. The molecule has 0 spiro atoms. The number of fused-ring (bicyclic) bond motifs is 2. The smallest absolute Gasteiger partial charge is 0.435 e. The van der Waals surface area contributed by atoms with Crippen molar-refractivity contribution < 1.29 is 19.1 Å². The van der Waals surface area contributed by atoms with E-state index in [0.717, 1.165) is 36.3 Å². The molecule has 3 heterocycles. The Labute approximate surface area is 242 Å². The molecule has 1 aliphatic heterocycles. The van der Waals surface area contributed by atoms with E-state index in [0.29, 0.717) is 33.5 Å². The van der Waals surface area contributed by atoms with Crippen molar-refractivity contribution in [3.63, 3.8) is 0 Å². The Balaban J connectivity index is 1.76. The number of likely N-dealkylation sites (N-methyl/N-ethyl adjacent to an activating group) is 1. The number of ether oxygens (including phenoxy) is 2. The highest BCUT2D eigenvalue weighted by molar-refractivity contribution is 9.10. The van der Waals surface area contributed by atoms with Gasteiger partial charge in [0.15, 0.2) is 5.82 Å². The molecule has 0 amide bonds. The average Bonchev–Trinajstić information content (AvgIpc) is 3.40. The zero-order valence-electron chi connectivity index (χ0n) is 24.0. The third-order valence-corrected chi connectivity index (χ3v) is 7.00. The minimum absolute atomic E-state index is 0.292. The summed E-state index contributed by atoms with van der Waals surface area (Å²) in [6, 6.07) is 11.3. The third-order valence-electron chi connectivity index (χ3n) is 6.51. The van der Waals surface area contributed by atoms with Crippen molar-refractivity contribution in [2.24, 2.45) is 0 Å². The summed E-state index contributed by atoms with van der Waals surface area (Å²) in [4.78, 5) is 36.5. The summed E-state index contributed by atoms with van der Waals surface area (Å²) in [6.07, 6.45) is -1.20. The van der Waals surface area contributed by atoms with E-state index in [1.54, 1.807) is 26.8 Å². The van der Waals surface area contributed by atoms with E-state index in [9.17, 15) is 9.59 Å². The number of benzene rings is 2. The van der Waals surface area contributed by atoms with Gasteiger partial charge in [0.05, 0.1) is 16.7 Å². The van der Waals surface area contributed by atoms with Crippen LogP contribution in [0.2, 0.25) is 0 Å². The predicted octanol–water partition coefficient (Wildman–Crippen LogP) is 6.13. The van der Waals surface area contributed by atoms with Crippen molar-refractivity contribution in [3.8, 4) is 11.5 Å². The lowest BCUT2D eigenvalue weighted by Gasteiger charge is -2.34. The summed E-state index contributed by atoms with van der Waals surface area (Å²) in [5.41, 5.74) is 1.67. The molecule has 11 heteroatoms. The van der Waals surface area contributed by atoms with Crippen LogP contribution in [0.5, 0.6) is 0 Å². The summed E-state index contributed by atoms with van der Waals surface area (Å²) in [6.45, 7) is 14.4. The fourth-order valence-electron chi connectivity index (χ4n) is 4.74. The maximum absolute atomic E-state index is 13.7. The van der Waals surface area contributed by atoms with Crippen LogP contribution in [0.4, 0.5) is 15.3 Å². The minimum Gasteiger partial charge on any atom is -0.443 e. The van der Waals surface area contributed by atoms with Crippen LogP contribution in [0.15, 0.2) is 40.9 Å². The van der Waals surface area contributed by atoms with Crippen molar-refractivity contribution in [2.75, 3.05) is 38.1 Å². The van der Waals surface area contributed by atoms with E-state index in [1.165, 1.54) is 9.25 Å². The zero-order valence-corrected chi connectivity index (χ0v) is 25.6. The van der Waals surface area contributed by atoms with E-state index in [2.05, 4.69) is 37.9 Å². The highest BCUT2D eigenvalue weighted by Crippen LogP contribution is 2.36. The van der Waals surface area contributed by atoms with Crippen LogP contribution in [0.3, 0.4) is 0 Å². The second-order valence-corrected chi connectivity index (χ2v) is 13.0. The number of carbonyl (C=O) groups is 2. The second-order valence-electron chi connectivity index (χ2n) is 12.1. The molecule has 0 saturated carbocycles. The molecule has 0 radical (unpaired) electrons. The number of rotatable bonds is 2. The van der Waals surface area contributed by atoms with Crippen molar-refractivity contribution in [2.45, 2.75) is 52.7 Å². The summed E-state index contributed by atoms with van der Waals surface area (Å²) in [5.74, 6) is 0.292. The first kappa shape index (κ1) is 28.1. The third kappa shape index (κ3) is 5.57. The Bertz CT molecular complexity index is 1600. The average molecular weight is 612 g/mol. The number of imidazole rings is 1. The summed E-state index contributed by atoms with van der Waals surface area (Å²) < 4.78 is 14.9. The lowest BCUT2D eigenvalue weighted by atomic mass is 10.2. The maximum atomic E-state index is 13.7. The standard InChI is InChI=1S/C29H35BrN6O4/c1-28(2,3)39-26(37)35-21-10-8-9-20(34-15-13-33(7)14-16-34)24(21)31-25(35)23-19-12-11-18(30)17-22(19)36(32-23)27(38)40-29(4,5)6/h8-12,17H,13-16H2,1-7H3. The van der Waals surface area contributed by atoms with Crippen LogP contribution in [0.1, 0.15) is 41.5 Å². The Morgan fingerprint density at radius 1 is 0.875 bits per heavy atom. The monoisotopic (exact) mass is 610 g/mol. The fourth-order valence-corrected chi connectivity index (χ4v) is 5.08. The number of anilines is 1. The van der Waals surface area contributed by atoms with E-state index in [4.69, 9.17) is 14.5 Å². The molecule has 0 aliphatic carbocycles. The van der Waals surface area contributed by atoms with Gasteiger partial charge in [-0.3, -0.25) is 0 Å². The Kier molecular flexibility index (Phi) is 7.16. The summed E-state index contributed by atoms with van der Waals surface area (Å²) >= 11 is 3.50. The molecular weight excluding hydrogens is 576 g/mol. The Hall–Kier alpha value is -3.44. The normalized spacial score (nSPS) is 15.2. The SMILES string of the molecule is CN1CCN(c2cccc3c2nc(-c2nn(C(=O)OC(C)(C)C)c4cc(Br)ccc24)n3C(=O)OC(C)(C)C)CC1. The van der Waals surface area contributed by atoms with Gasteiger partial charge in [-0.1, -0.05) is 22.0 Å². The van der Waals surface area contributed by atoms with Crippen LogP contribution >= 0.6 is 15.9 Å². The predicted molar refractivity (Wildman–Crippen MR) is 159 cm³/mol. The van der Waals surface area contributed by atoms with E-state index in [-0.39, 0.29) is 0 Å². The molecule has 0 unspecified atom stereocenters. The van der Waals surface area contributed by atoms with Crippen molar-refractivity contribution in [3.05, 3.63) is 40.9 Å². The van der Waals surface area contributed by atoms with E-state index >= 15 is 0 Å². The van der Waals surface area contributed by atoms with Gasteiger partial charge >= 0.3 is 12.2 Å². The first-order valence-corrected chi connectivity index (χ1v) is 14.1. The molecule has 1 fully saturated rings. The molecule has 10 nitrogen and oxygen atoms in total. The number of nitrogens with zero attached hydrogens (tertiary/aromatic N) is 6. The first-order valence-electron chi connectivity index (χ1n) is 13.3. The zero-order chi connectivity index (χ0) is 29.0. The summed E-state index contributed by atoms with van der Waals surface area (Å²) in [7, 11) is 2.11. The maximum Gasteiger partial charge on any atom is 0.435 e. The molecule has 2 aromatic carbocycles. The Morgan fingerprint density at radius 2 is 1.52 bits per heavy atom. The molecule has 0 bridgehead atoms. The largest absolute Gasteiger partial charge is 0.443 e. The van der Waals surface area contributed by atoms with Crippen LogP contribution < -0.4 is 4.90 Å². The second kappa shape index (κ2) is 10.2. The van der Waals surface area contributed by atoms with Gasteiger partial charge in [-0.2, -0.15) is 9.78 Å². The highest BCUT2D eigenvalue weighted by atomic mass is 79.9. The molecule has 1 aliphatic rings. The van der Waals surface area contributed by atoms with Gasteiger partial charge in [-0.25, -0.2) is 19.1 Å². The summed E-state index contributed by atoms with van der Waals surface area (Å²) in [5, 5.41) is 5.33. The van der Waals surface area contributed by atoms with Gasteiger partial charge in [0, 0.05) is 36.0 Å². The number of para-hydroxylation sites is 1. The number of hydrogen-bond donors (Lipinski definition) is 0. The number of carbonyl (C=O) groups excluding carboxylic acids is 2. The topological polar surface area (TPSA) is 94.7 Å². The first-order chi connectivity index (χ1) is 18.7. The van der Waals surface area contributed by atoms with Gasteiger partial charge in [0.25, 0.3) is 0 Å². The molecule has 1 saturated heterocycles. The van der Waals surface area contributed by atoms with Gasteiger partial charge in [-0.05, 0) is 78.9 Å². The molecule has 5 rings (SSSR count). The molecule has 2 aromatic heterocycles. The van der Waals surface area contributed by atoms with Crippen molar-refractivity contribution in [1.29, 1.82) is 0 Å².